The monoisotopic (exact) mass is 332 g/mol. The Bertz CT molecular complexity index is 697. The van der Waals surface area contributed by atoms with Crippen LogP contribution in [0.3, 0.4) is 0 Å². The number of hydrogen-bond acceptors (Lipinski definition) is 5. The zero-order chi connectivity index (χ0) is 17.5. The normalized spacial score (nSPS) is 11.6. The number of carbonyl (C=O) groups is 2. The first kappa shape index (κ1) is 17.6. The molecule has 1 aromatic carbocycles. The third-order valence-corrected chi connectivity index (χ3v) is 3.40. The van der Waals surface area contributed by atoms with Gasteiger partial charge in [0.25, 0.3) is 0 Å². The summed E-state index contributed by atoms with van der Waals surface area (Å²) in [5, 5.41) is 5.06. The maximum absolute atomic E-state index is 12.0. The predicted molar refractivity (Wildman–Crippen MR) is 87.8 cm³/mol. The van der Waals surface area contributed by atoms with E-state index < -0.39 is 17.9 Å². The highest BCUT2D eigenvalue weighted by Crippen LogP contribution is 2.25. The molecule has 2 N–H and O–H groups in total. The molecule has 1 heterocycles. The van der Waals surface area contributed by atoms with Crippen LogP contribution >= 0.6 is 0 Å². The maximum Gasteiger partial charge on any atom is 0.313 e. The van der Waals surface area contributed by atoms with Gasteiger partial charge in [0.1, 0.15) is 17.6 Å². The standard InChI is InChI=1S/C17H20N2O5/c1-11-6-7-13(22-2)12(9-11)19-17(21)16(20)18-10-15(23-3)14-5-4-8-24-14/h4-9,15H,10H2,1-3H3,(H,18,20)(H,19,21). The van der Waals surface area contributed by atoms with Gasteiger partial charge in [-0.1, -0.05) is 6.07 Å². The number of nitrogens with one attached hydrogen (secondary N) is 2. The minimum absolute atomic E-state index is 0.112. The molecule has 0 fully saturated rings. The van der Waals surface area contributed by atoms with Crippen LogP contribution in [0.1, 0.15) is 17.4 Å². The number of hydrogen-bond donors (Lipinski definition) is 2. The van der Waals surface area contributed by atoms with E-state index in [0.29, 0.717) is 17.2 Å². The Morgan fingerprint density at radius 2 is 2.00 bits per heavy atom. The number of furan rings is 1. The number of rotatable bonds is 6. The lowest BCUT2D eigenvalue weighted by Crippen LogP contribution is -2.38. The van der Waals surface area contributed by atoms with Gasteiger partial charge >= 0.3 is 11.8 Å². The molecule has 0 aliphatic rings. The summed E-state index contributed by atoms with van der Waals surface area (Å²) in [5.41, 5.74) is 1.37. The molecule has 0 spiro atoms. The van der Waals surface area contributed by atoms with E-state index in [1.165, 1.54) is 20.5 Å². The third kappa shape index (κ3) is 4.36. The molecule has 2 rings (SSSR count). The van der Waals surface area contributed by atoms with E-state index in [1.807, 2.05) is 13.0 Å². The van der Waals surface area contributed by atoms with E-state index >= 15 is 0 Å². The van der Waals surface area contributed by atoms with Crippen LogP contribution in [-0.4, -0.2) is 32.6 Å². The van der Waals surface area contributed by atoms with Gasteiger partial charge in [-0.15, -0.1) is 0 Å². The summed E-state index contributed by atoms with van der Waals surface area (Å²) in [6.45, 7) is 1.99. The molecule has 0 saturated heterocycles. The van der Waals surface area contributed by atoms with Gasteiger partial charge in [0, 0.05) is 7.11 Å². The van der Waals surface area contributed by atoms with E-state index in [-0.39, 0.29) is 6.54 Å². The first-order valence-corrected chi connectivity index (χ1v) is 7.35. The number of carbonyl (C=O) groups excluding carboxylic acids is 2. The first-order valence-electron chi connectivity index (χ1n) is 7.35. The van der Waals surface area contributed by atoms with E-state index in [9.17, 15) is 9.59 Å². The highest BCUT2D eigenvalue weighted by molar-refractivity contribution is 6.39. The quantitative estimate of drug-likeness (QED) is 0.790. The minimum atomic E-state index is -0.784. The molecule has 0 saturated carbocycles. The van der Waals surface area contributed by atoms with E-state index in [1.54, 1.807) is 24.3 Å². The largest absolute Gasteiger partial charge is 0.495 e. The second kappa shape index (κ2) is 8.16. The summed E-state index contributed by atoms with van der Waals surface area (Å²) in [7, 11) is 2.99. The second-order valence-electron chi connectivity index (χ2n) is 5.11. The van der Waals surface area contributed by atoms with Gasteiger partial charge in [-0.2, -0.15) is 0 Å². The highest BCUT2D eigenvalue weighted by atomic mass is 16.5. The zero-order valence-electron chi connectivity index (χ0n) is 13.8. The molecule has 24 heavy (non-hydrogen) atoms. The van der Waals surface area contributed by atoms with Gasteiger partial charge in [0.05, 0.1) is 25.6 Å². The Hall–Kier alpha value is -2.80. The highest BCUT2D eigenvalue weighted by Gasteiger charge is 2.19. The van der Waals surface area contributed by atoms with E-state index in [0.717, 1.165) is 5.56 Å². The molecule has 1 unspecified atom stereocenters. The number of methoxy groups -OCH3 is 2. The fourth-order valence-electron chi connectivity index (χ4n) is 2.14. The number of anilines is 1. The van der Waals surface area contributed by atoms with E-state index in [4.69, 9.17) is 13.9 Å². The van der Waals surface area contributed by atoms with Crippen molar-refractivity contribution in [2.75, 3.05) is 26.1 Å². The van der Waals surface area contributed by atoms with Crippen LogP contribution in [0, 0.1) is 6.92 Å². The van der Waals surface area contributed by atoms with Gasteiger partial charge in [-0.05, 0) is 36.8 Å². The molecule has 0 radical (unpaired) electrons. The topological polar surface area (TPSA) is 89.8 Å². The summed E-state index contributed by atoms with van der Waals surface area (Å²) < 4.78 is 15.6. The van der Waals surface area contributed by atoms with Crippen molar-refractivity contribution in [3.05, 3.63) is 47.9 Å². The van der Waals surface area contributed by atoms with Crippen LogP contribution in [0.4, 0.5) is 5.69 Å². The molecule has 7 nitrogen and oxygen atoms in total. The Morgan fingerprint density at radius 1 is 1.21 bits per heavy atom. The van der Waals surface area contributed by atoms with Gasteiger partial charge in [0.15, 0.2) is 0 Å². The van der Waals surface area contributed by atoms with Crippen molar-refractivity contribution in [2.24, 2.45) is 0 Å². The molecule has 0 aliphatic carbocycles. The van der Waals surface area contributed by atoms with Gasteiger partial charge in [-0.25, -0.2) is 0 Å². The van der Waals surface area contributed by atoms with Gasteiger partial charge in [0.2, 0.25) is 0 Å². The summed E-state index contributed by atoms with van der Waals surface area (Å²) in [6.07, 6.45) is 1.05. The number of amides is 2. The molecule has 1 aromatic heterocycles. The third-order valence-electron chi connectivity index (χ3n) is 3.40. The molecule has 2 amide bonds. The van der Waals surface area contributed by atoms with Crippen LogP contribution < -0.4 is 15.4 Å². The SMILES string of the molecule is COc1ccc(C)cc1NC(=O)C(=O)NCC(OC)c1ccco1. The average Bonchev–Trinajstić information content (AvgIpc) is 3.10. The Labute approximate surface area is 139 Å². The van der Waals surface area contributed by atoms with Crippen molar-refractivity contribution in [3.8, 4) is 5.75 Å². The molecule has 2 aromatic rings. The van der Waals surface area contributed by atoms with Crippen LogP contribution in [0.15, 0.2) is 41.0 Å². The number of aryl methyl sites for hydroxylation is 1. The summed E-state index contributed by atoms with van der Waals surface area (Å²) >= 11 is 0. The maximum atomic E-state index is 12.0. The second-order valence-corrected chi connectivity index (χ2v) is 5.11. The molecule has 1 atom stereocenters. The Balaban J connectivity index is 1.95. The van der Waals surface area contributed by atoms with Gasteiger partial charge < -0.3 is 24.5 Å². The van der Waals surface area contributed by atoms with Crippen LogP contribution in [0.2, 0.25) is 0 Å². The van der Waals surface area contributed by atoms with Crippen molar-refractivity contribution in [3.63, 3.8) is 0 Å². The van der Waals surface area contributed by atoms with Crippen molar-refractivity contribution in [2.45, 2.75) is 13.0 Å². The molecule has 128 valence electrons. The average molecular weight is 332 g/mol. The molecular weight excluding hydrogens is 312 g/mol. The first-order chi connectivity index (χ1) is 11.5. The number of benzene rings is 1. The molecule has 7 heteroatoms. The van der Waals surface area contributed by atoms with Crippen molar-refractivity contribution >= 4 is 17.5 Å². The van der Waals surface area contributed by atoms with Crippen LogP contribution in [0.5, 0.6) is 5.75 Å². The summed E-state index contributed by atoms with van der Waals surface area (Å²) in [6, 6.07) is 8.75. The van der Waals surface area contributed by atoms with Gasteiger partial charge in [-0.3, -0.25) is 9.59 Å². The predicted octanol–water partition coefficient (Wildman–Crippen LogP) is 2.04. The molecule has 0 aliphatic heterocycles. The fourth-order valence-corrected chi connectivity index (χ4v) is 2.14. The zero-order valence-corrected chi connectivity index (χ0v) is 13.8. The van der Waals surface area contributed by atoms with Crippen LogP contribution in [-0.2, 0) is 14.3 Å². The lowest BCUT2D eigenvalue weighted by Gasteiger charge is -2.14. The number of ether oxygens (including phenoxy) is 2. The molecular formula is C17H20N2O5. The van der Waals surface area contributed by atoms with Crippen molar-refractivity contribution < 1.29 is 23.5 Å². The summed E-state index contributed by atoms with van der Waals surface area (Å²) in [5.74, 6) is -0.508. The van der Waals surface area contributed by atoms with Crippen molar-refractivity contribution in [1.82, 2.24) is 5.32 Å². The van der Waals surface area contributed by atoms with Crippen molar-refractivity contribution in [1.29, 1.82) is 0 Å². The van der Waals surface area contributed by atoms with Crippen LogP contribution in [0.25, 0.3) is 0 Å². The van der Waals surface area contributed by atoms with E-state index in [2.05, 4.69) is 10.6 Å². The lowest BCUT2D eigenvalue weighted by molar-refractivity contribution is -0.136. The lowest BCUT2D eigenvalue weighted by atomic mass is 10.2. The Morgan fingerprint density at radius 3 is 2.62 bits per heavy atom. The smallest absolute Gasteiger partial charge is 0.313 e. The summed E-state index contributed by atoms with van der Waals surface area (Å²) in [4.78, 5) is 24.0. The fraction of sp³-hybridized carbons (Fsp3) is 0.294. The Kier molecular flexibility index (Phi) is 5.97. The minimum Gasteiger partial charge on any atom is -0.495 e. The molecule has 0 bridgehead atoms.